The van der Waals surface area contributed by atoms with E-state index in [0.717, 1.165) is 28.4 Å². The van der Waals surface area contributed by atoms with E-state index in [9.17, 15) is 4.79 Å². The lowest BCUT2D eigenvalue weighted by Crippen LogP contribution is -3.10. The molecule has 116 valence electrons. The smallest absolute Gasteiger partial charge is 0.279 e. The maximum absolute atomic E-state index is 12.0. The van der Waals surface area contributed by atoms with E-state index >= 15 is 0 Å². The van der Waals surface area contributed by atoms with Gasteiger partial charge in [0, 0.05) is 5.69 Å². The first kappa shape index (κ1) is 16.0. The highest BCUT2D eigenvalue weighted by Gasteiger charge is 2.10. The second-order valence-electron chi connectivity index (χ2n) is 5.46. The van der Waals surface area contributed by atoms with Crippen LogP contribution in [0.4, 0.5) is 5.69 Å². The van der Waals surface area contributed by atoms with E-state index in [1.807, 2.05) is 68.6 Å². The molecule has 0 bridgehead atoms. The van der Waals surface area contributed by atoms with Gasteiger partial charge in [-0.15, -0.1) is 0 Å². The summed E-state index contributed by atoms with van der Waals surface area (Å²) in [6.45, 7) is 3.80. The lowest BCUT2D eigenvalue weighted by Gasteiger charge is -2.14. The van der Waals surface area contributed by atoms with E-state index in [-0.39, 0.29) is 5.91 Å². The third kappa shape index (κ3) is 5.58. The van der Waals surface area contributed by atoms with Gasteiger partial charge in [-0.3, -0.25) is 4.79 Å². The minimum atomic E-state index is 0.0165. The number of benzene rings is 2. The van der Waals surface area contributed by atoms with Crippen molar-refractivity contribution in [1.29, 1.82) is 0 Å². The molecule has 1 unspecified atom stereocenters. The van der Waals surface area contributed by atoms with Crippen LogP contribution < -0.4 is 15.0 Å². The van der Waals surface area contributed by atoms with Crippen LogP contribution in [0.2, 0.25) is 0 Å². The van der Waals surface area contributed by atoms with Crippen LogP contribution in [-0.4, -0.2) is 32.7 Å². The number of rotatable bonds is 7. The lowest BCUT2D eigenvalue weighted by atomic mass is 10.2. The predicted molar refractivity (Wildman–Crippen MR) is 88.4 cm³/mol. The minimum Gasteiger partial charge on any atom is -0.488 e. The van der Waals surface area contributed by atoms with Gasteiger partial charge in [-0.25, -0.2) is 0 Å². The number of quaternary nitrogens is 1. The fourth-order valence-electron chi connectivity index (χ4n) is 2.15. The molecule has 0 heterocycles. The van der Waals surface area contributed by atoms with E-state index in [2.05, 4.69) is 5.32 Å². The summed E-state index contributed by atoms with van der Waals surface area (Å²) in [5.74, 6) is 0.877. The number of ether oxygens (including phenoxy) is 1. The van der Waals surface area contributed by atoms with Gasteiger partial charge >= 0.3 is 0 Å². The maximum Gasteiger partial charge on any atom is 0.279 e. The van der Waals surface area contributed by atoms with Gasteiger partial charge in [-0.1, -0.05) is 30.3 Å². The molecule has 22 heavy (non-hydrogen) atoms. The summed E-state index contributed by atoms with van der Waals surface area (Å²) in [6.07, 6.45) is 0. The summed E-state index contributed by atoms with van der Waals surface area (Å²) >= 11 is 0. The Labute approximate surface area is 131 Å². The van der Waals surface area contributed by atoms with Gasteiger partial charge in [-0.2, -0.15) is 0 Å². The van der Waals surface area contributed by atoms with Crippen molar-refractivity contribution in [2.24, 2.45) is 0 Å². The maximum atomic E-state index is 12.0. The number of hydrogen-bond donors (Lipinski definition) is 2. The molecule has 2 aromatic rings. The summed E-state index contributed by atoms with van der Waals surface area (Å²) in [5.41, 5.74) is 1.98. The molecule has 1 amide bonds. The Hall–Kier alpha value is -2.33. The zero-order valence-corrected chi connectivity index (χ0v) is 13.1. The highest BCUT2D eigenvalue weighted by molar-refractivity contribution is 5.91. The fraction of sp³-hybridized carbons (Fsp3) is 0.278. The predicted octanol–water partition coefficient (Wildman–Crippen LogP) is 1.53. The SMILES string of the molecule is Cc1cccc(NC(=O)C[NH+](C)CCOc2ccccc2)c1. The zero-order valence-electron chi connectivity index (χ0n) is 13.1. The molecule has 0 aliphatic rings. The molecular weight excluding hydrogens is 276 g/mol. The number of carbonyl (C=O) groups is 1. The zero-order chi connectivity index (χ0) is 15.8. The normalized spacial score (nSPS) is 11.7. The van der Waals surface area contributed by atoms with Gasteiger partial charge in [0.25, 0.3) is 5.91 Å². The fourth-order valence-corrected chi connectivity index (χ4v) is 2.15. The number of likely N-dealkylation sites (N-methyl/N-ethyl adjacent to an activating group) is 1. The van der Waals surface area contributed by atoms with Crippen LogP contribution in [0, 0.1) is 6.92 Å². The molecule has 0 saturated heterocycles. The summed E-state index contributed by atoms with van der Waals surface area (Å²) in [6, 6.07) is 17.5. The minimum absolute atomic E-state index is 0.0165. The van der Waals surface area contributed by atoms with Gasteiger partial charge in [0.05, 0.1) is 7.05 Å². The molecular formula is C18H23N2O2+. The molecule has 2 N–H and O–H groups in total. The Kier molecular flexibility index (Phi) is 5.98. The third-order valence-electron chi connectivity index (χ3n) is 3.30. The van der Waals surface area contributed by atoms with E-state index in [1.54, 1.807) is 0 Å². The van der Waals surface area contributed by atoms with Crippen molar-refractivity contribution < 1.29 is 14.4 Å². The van der Waals surface area contributed by atoms with Crippen molar-refractivity contribution in [3.8, 4) is 5.75 Å². The summed E-state index contributed by atoms with van der Waals surface area (Å²) < 4.78 is 5.64. The third-order valence-corrected chi connectivity index (χ3v) is 3.30. The van der Waals surface area contributed by atoms with Gasteiger partial charge in [-0.05, 0) is 36.8 Å². The quantitative estimate of drug-likeness (QED) is 0.814. The average Bonchev–Trinajstić information content (AvgIpc) is 2.48. The Morgan fingerprint density at radius 2 is 1.91 bits per heavy atom. The van der Waals surface area contributed by atoms with Crippen molar-refractivity contribution in [3.05, 3.63) is 60.2 Å². The molecule has 4 heteroatoms. The largest absolute Gasteiger partial charge is 0.488 e. The van der Waals surface area contributed by atoms with Crippen molar-refractivity contribution in [3.63, 3.8) is 0 Å². The lowest BCUT2D eigenvalue weighted by molar-refractivity contribution is -0.871. The van der Waals surface area contributed by atoms with Crippen molar-refractivity contribution in [1.82, 2.24) is 0 Å². The number of anilines is 1. The first-order valence-corrected chi connectivity index (χ1v) is 7.49. The molecule has 4 nitrogen and oxygen atoms in total. The number of hydrogen-bond acceptors (Lipinski definition) is 2. The molecule has 0 saturated carbocycles. The highest BCUT2D eigenvalue weighted by atomic mass is 16.5. The van der Waals surface area contributed by atoms with Crippen molar-refractivity contribution in [2.75, 3.05) is 32.1 Å². The van der Waals surface area contributed by atoms with E-state index in [4.69, 9.17) is 4.74 Å². The number of para-hydroxylation sites is 1. The Bertz CT molecular complexity index is 599. The number of aryl methyl sites for hydroxylation is 1. The van der Waals surface area contributed by atoms with Gasteiger partial charge in [0.2, 0.25) is 0 Å². The molecule has 0 radical (unpaired) electrons. The van der Waals surface area contributed by atoms with Crippen LogP contribution >= 0.6 is 0 Å². The summed E-state index contributed by atoms with van der Waals surface area (Å²) in [5, 5.41) is 2.92. The van der Waals surface area contributed by atoms with Gasteiger partial charge < -0.3 is 15.0 Å². The number of amides is 1. The standard InChI is InChI=1S/C18H22N2O2/c1-15-7-6-8-16(13-15)19-18(21)14-20(2)11-12-22-17-9-4-3-5-10-17/h3-10,13H,11-12,14H2,1-2H3,(H,19,21)/p+1. The van der Waals surface area contributed by atoms with Crippen LogP contribution in [0.3, 0.4) is 0 Å². The van der Waals surface area contributed by atoms with Gasteiger partial charge in [0.1, 0.15) is 18.9 Å². The van der Waals surface area contributed by atoms with Gasteiger partial charge in [0.15, 0.2) is 6.54 Å². The Balaban J connectivity index is 1.70. The molecule has 0 fully saturated rings. The average molecular weight is 299 g/mol. The van der Waals surface area contributed by atoms with Crippen LogP contribution in [0.5, 0.6) is 5.75 Å². The molecule has 2 rings (SSSR count). The highest BCUT2D eigenvalue weighted by Crippen LogP contribution is 2.09. The van der Waals surface area contributed by atoms with Crippen molar-refractivity contribution >= 4 is 11.6 Å². The molecule has 0 aliphatic heterocycles. The van der Waals surface area contributed by atoms with E-state index in [1.165, 1.54) is 0 Å². The first-order valence-electron chi connectivity index (χ1n) is 7.49. The molecule has 0 aromatic heterocycles. The second kappa shape index (κ2) is 8.20. The van der Waals surface area contributed by atoms with Crippen LogP contribution in [0.25, 0.3) is 0 Å². The van der Waals surface area contributed by atoms with Crippen molar-refractivity contribution in [2.45, 2.75) is 6.92 Å². The topological polar surface area (TPSA) is 42.8 Å². The molecule has 0 aliphatic carbocycles. The first-order chi connectivity index (χ1) is 10.6. The van der Waals surface area contributed by atoms with E-state index < -0.39 is 0 Å². The number of nitrogens with one attached hydrogen (secondary N) is 2. The summed E-state index contributed by atoms with van der Waals surface area (Å²) in [7, 11) is 1.99. The number of carbonyl (C=O) groups excluding carboxylic acids is 1. The summed E-state index contributed by atoms with van der Waals surface area (Å²) in [4.78, 5) is 13.1. The second-order valence-corrected chi connectivity index (χ2v) is 5.46. The molecule has 1 atom stereocenters. The van der Waals surface area contributed by atoms with Crippen LogP contribution in [0.15, 0.2) is 54.6 Å². The Morgan fingerprint density at radius 1 is 1.14 bits per heavy atom. The monoisotopic (exact) mass is 299 g/mol. The Morgan fingerprint density at radius 3 is 2.64 bits per heavy atom. The van der Waals surface area contributed by atoms with Crippen LogP contribution in [0.1, 0.15) is 5.56 Å². The van der Waals surface area contributed by atoms with E-state index in [0.29, 0.717) is 13.2 Å². The molecule has 0 spiro atoms. The van der Waals surface area contributed by atoms with Crippen LogP contribution in [-0.2, 0) is 4.79 Å². The molecule has 2 aromatic carbocycles.